The Bertz CT molecular complexity index is 641. The van der Waals surface area contributed by atoms with Crippen LogP contribution in [0, 0.1) is 0 Å². The number of thioether (sulfide) groups is 1. The van der Waals surface area contributed by atoms with Crippen LogP contribution >= 0.6 is 23.4 Å². The van der Waals surface area contributed by atoms with E-state index < -0.39 is 0 Å². The number of nitrogens with zero attached hydrogens (tertiary/aromatic N) is 1. The third-order valence-electron chi connectivity index (χ3n) is 2.96. The minimum atomic E-state index is -0.103. The van der Waals surface area contributed by atoms with Gasteiger partial charge in [-0.1, -0.05) is 54.1 Å². The monoisotopic (exact) mass is 332 g/mol. The maximum Gasteiger partial charge on any atom is 0.250 e. The number of halogens is 1. The summed E-state index contributed by atoms with van der Waals surface area (Å²) in [6, 6.07) is 17.4. The first-order chi connectivity index (χ1) is 10.6. The number of hydrogen-bond acceptors (Lipinski definition) is 3. The van der Waals surface area contributed by atoms with Gasteiger partial charge in [0.05, 0.1) is 11.5 Å². The second-order valence-corrected chi connectivity index (χ2v) is 6.14. The fourth-order valence-corrected chi connectivity index (χ4v) is 2.68. The van der Waals surface area contributed by atoms with Crippen LogP contribution in [0.1, 0.15) is 18.1 Å². The van der Waals surface area contributed by atoms with Crippen molar-refractivity contribution >= 4 is 35.0 Å². The van der Waals surface area contributed by atoms with Gasteiger partial charge < -0.3 is 0 Å². The molecule has 0 unspecified atom stereocenters. The van der Waals surface area contributed by atoms with Gasteiger partial charge in [0.1, 0.15) is 0 Å². The van der Waals surface area contributed by atoms with E-state index in [2.05, 4.69) is 10.5 Å². The lowest BCUT2D eigenvalue weighted by Gasteiger charge is -2.04. The number of carbonyl (C=O) groups excluding carboxylic acids is 1. The Labute approximate surface area is 139 Å². The van der Waals surface area contributed by atoms with Gasteiger partial charge in [-0.25, -0.2) is 5.43 Å². The predicted molar refractivity (Wildman–Crippen MR) is 94.4 cm³/mol. The summed E-state index contributed by atoms with van der Waals surface area (Å²) in [4.78, 5) is 11.8. The van der Waals surface area contributed by atoms with Gasteiger partial charge in [-0.2, -0.15) is 5.10 Å². The molecular weight excluding hydrogens is 316 g/mol. The van der Waals surface area contributed by atoms with Gasteiger partial charge in [0.2, 0.25) is 5.91 Å². The van der Waals surface area contributed by atoms with Crippen LogP contribution in [0.5, 0.6) is 0 Å². The fourth-order valence-electron chi connectivity index (χ4n) is 1.77. The van der Waals surface area contributed by atoms with Gasteiger partial charge in [-0.3, -0.25) is 4.79 Å². The molecule has 1 amide bonds. The van der Waals surface area contributed by atoms with E-state index in [1.54, 1.807) is 23.9 Å². The van der Waals surface area contributed by atoms with Crippen LogP contribution in [0.15, 0.2) is 59.7 Å². The molecular formula is C17H17ClN2OS. The number of rotatable bonds is 6. The molecule has 22 heavy (non-hydrogen) atoms. The van der Waals surface area contributed by atoms with Gasteiger partial charge in [0, 0.05) is 10.8 Å². The Balaban J connectivity index is 1.77. The summed E-state index contributed by atoms with van der Waals surface area (Å²) in [5.41, 5.74) is 5.47. The number of amides is 1. The van der Waals surface area contributed by atoms with Gasteiger partial charge >= 0.3 is 0 Å². The lowest BCUT2D eigenvalue weighted by atomic mass is 10.1. The Hall–Kier alpha value is -1.78. The first kappa shape index (κ1) is 16.6. The highest BCUT2D eigenvalue weighted by molar-refractivity contribution is 7.99. The minimum absolute atomic E-state index is 0.103. The molecule has 0 radical (unpaired) electrons. The molecule has 2 aromatic carbocycles. The van der Waals surface area contributed by atoms with Crippen molar-refractivity contribution in [2.75, 3.05) is 5.75 Å². The van der Waals surface area contributed by atoms with Crippen molar-refractivity contribution in [1.29, 1.82) is 0 Å². The number of benzene rings is 2. The topological polar surface area (TPSA) is 41.5 Å². The maximum absolute atomic E-state index is 11.8. The third-order valence-corrected chi connectivity index (χ3v) is 4.21. The van der Waals surface area contributed by atoms with Crippen LogP contribution in [-0.2, 0) is 10.5 Å². The molecule has 0 spiro atoms. The largest absolute Gasteiger partial charge is 0.272 e. The van der Waals surface area contributed by atoms with Crippen LogP contribution in [0.2, 0.25) is 5.02 Å². The van der Waals surface area contributed by atoms with E-state index in [4.69, 9.17) is 11.6 Å². The molecule has 0 heterocycles. The van der Waals surface area contributed by atoms with Gasteiger partial charge in [0.25, 0.3) is 0 Å². The van der Waals surface area contributed by atoms with E-state index in [1.165, 1.54) is 5.56 Å². The maximum atomic E-state index is 11.8. The minimum Gasteiger partial charge on any atom is -0.272 e. The van der Waals surface area contributed by atoms with E-state index in [0.29, 0.717) is 10.8 Å². The lowest BCUT2D eigenvalue weighted by molar-refractivity contribution is -0.118. The molecule has 2 rings (SSSR count). The Kier molecular flexibility index (Phi) is 6.49. The quantitative estimate of drug-likeness (QED) is 0.638. The van der Waals surface area contributed by atoms with Gasteiger partial charge in [-0.05, 0) is 30.2 Å². The number of nitrogens with one attached hydrogen (secondary N) is 1. The molecule has 0 fully saturated rings. The predicted octanol–water partition coefficient (Wildman–Crippen LogP) is 4.11. The molecule has 0 aliphatic carbocycles. The average molecular weight is 333 g/mol. The van der Waals surface area contributed by atoms with E-state index in [0.717, 1.165) is 17.0 Å². The van der Waals surface area contributed by atoms with Gasteiger partial charge in [0.15, 0.2) is 0 Å². The summed E-state index contributed by atoms with van der Waals surface area (Å²) in [6.45, 7) is 1.85. The van der Waals surface area contributed by atoms with Crippen LogP contribution in [0.3, 0.4) is 0 Å². The zero-order chi connectivity index (χ0) is 15.8. The summed E-state index contributed by atoms with van der Waals surface area (Å²) in [5, 5.41) is 4.79. The number of hydrazone groups is 1. The molecule has 5 heteroatoms. The Morgan fingerprint density at radius 1 is 1.14 bits per heavy atom. The standard InChI is InChI=1S/C17H17ClN2OS/c1-13(15-7-9-16(18)10-8-15)19-20-17(21)12-22-11-14-5-3-2-4-6-14/h2-10H,11-12H2,1H3,(H,20,21)/b19-13-. The van der Waals surface area contributed by atoms with E-state index >= 15 is 0 Å². The molecule has 0 atom stereocenters. The highest BCUT2D eigenvalue weighted by atomic mass is 35.5. The van der Waals surface area contributed by atoms with Crippen LogP contribution in [0.4, 0.5) is 0 Å². The number of hydrogen-bond donors (Lipinski definition) is 1. The molecule has 2 aromatic rings. The van der Waals surface area contributed by atoms with Crippen molar-refractivity contribution in [3.8, 4) is 0 Å². The highest BCUT2D eigenvalue weighted by Gasteiger charge is 2.02. The van der Waals surface area contributed by atoms with Crippen molar-refractivity contribution in [2.45, 2.75) is 12.7 Å². The molecule has 0 aromatic heterocycles. The fraction of sp³-hybridized carbons (Fsp3) is 0.176. The molecule has 0 saturated heterocycles. The second kappa shape index (κ2) is 8.61. The average Bonchev–Trinajstić information content (AvgIpc) is 2.54. The van der Waals surface area contributed by atoms with Crippen molar-refractivity contribution < 1.29 is 4.79 Å². The molecule has 0 aliphatic heterocycles. The van der Waals surface area contributed by atoms with Crippen molar-refractivity contribution in [3.63, 3.8) is 0 Å². The van der Waals surface area contributed by atoms with Crippen molar-refractivity contribution in [3.05, 3.63) is 70.7 Å². The van der Waals surface area contributed by atoms with E-state index in [1.807, 2.05) is 49.4 Å². The van der Waals surface area contributed by atoms with E-state index in [-0.39, 0.29) is 5.91 Å². The molecule has 0 saturated carbocycles. The lowest BCUT2D eigenvalue weighted by Crippen LogP contribution is -2.21. The SMILES string of the molecule is C/C(=N/NC(=O)CSCc1ccccc1)c1ccc(Cl)cc1. The summed E-state index contributed by atoms with van der Waals surface area (Å²) in [5.74, 6) is 1.09. The second-order valence-electron chi connectivity index (χ2n) is 4.72. The normalized spacial score (nSPS) is 11.3. The molecule has 114 valence electrons. The van der Waals surface area contributed by atoms with Crippen LogP contribution in [-0.4, -0.2) is 17.4 Å². The third kappa shape index (κ3) is 5.54. The van der Waals surface area contributed by atoms with E-state index in [9.17, 15) is 4.79 Å². The Morgan fingerprint density at radius 2 is 1.82 bits per heavy atom. The van der Waals surface area contributed by atoms with Crippen LogP contribution < -0.4 is 5.43 Å². The first-order valence-electron chi connectivity index (χ1n) is 6.86. The first-order valence-corrected chi connectivity index (χ1v) is 8.39. The smallest absolute Gasteiger partial charge is 0.250 e. The molecule has 0 aliphatic rings. The summed E-state index contributed by atoms with van der Waals surface area (Å²) < 4.78 is 0. The zero-order valence-electron chi connectivity index (χ0n) is 12.3. The molecule has 0 bridgehead atoms. The summed E-state index contributed by atoms with van der Waals surface area (Å²) in [7, 11) is 0. The van der Waals surface area contributed by atoms with Gasteiger partial charge in [-0.15, -0.1) is 11.8 Å². The zero-order valence-corrected chi connectivity index (χ0v) is 13.8. The van der Waals surface area contributed by atoms with Crippen molar-refractivity contribution in [1.82, 2.24) is 5.43 Å². The Morgan fingerprint density at radius 3 is 2.50 bits per heavy atom. The van der Waals surface area contributed by atoms with Crippen molar-refractivity contribution in [2.24, 2.45) is 5.10 Å². The van der Waals surface area contributed by atoms with Crippen LogP contribution in [0.25, 0.3) is 0 Å². The summed E-state index contributed by atoms with van der Waals surface area (Å²) in [6.07, 6.45) is 0. The number of carbonyl (C=O) groups is 1. The molecule has 1 N–H and O–H groups in total. The summed E-state index contributed by atoms with van der Waals surface area (Å²) >= 11 is 7.40. The molecule has 3 nitrogen and oxygen atoms in total. The highest BCUT2D eigenvalue weighted by Crippen LogP contribution is 2.12.